The Labute approximate surface area is 90.8 Å². The Bertz CT molecular complexity index is 316. The molecule has 0 unspecified atom stereocenters. The van der Waals surface area contributed by atoms with Crippen molar-refractivity contribution in [3.05, 3.63) is 12.2 Å². The van der Waals surface area contributed by atoms with Gasteiger partial charge in [-0.25, -0.2) is 4.79 Å². The van der Waals surface area contributed by atoms with Crippen LogP contribution in [0.25, 0.3) is 0 Å². The highest BCUT2D eigenvalue weighted by molar-refractivity contribution is 5.68. The second-order valence-electron chi connectivity index (χ2n) is 5.62. The van der Waals surface area contributed by atoms with E-state index in [1.807, 2.05) is 0 Å². The van der Waals surface area contributed by atoms with E-state index in [2.05, 4.69) is 32.9 Å². The molecule has 0 aromatic carbocycles. The number of piperidine rings is 1. The number of likely N-dealkylation sites (tertiary alicyclic amines) is 1. The lowest BCUT2D eigenvalue weighted by atomic mass is 9.56. The van der Waals surface area contributed by atoms with Gasteiger partial charge in [0.25, 0.3) is 0 Å². The minimum absolute atomic E-state index is 0.0226. The summed E-state index contributed by atoms with van der Waals surface area (Å²) in [6.07, 6.45) is 5.58. The summed E-state index contributed by atoms with van der Waals surface area (Å²) in [5, 5.41) is 9.28. The van der Waals surface area contributed by atoms with Crippen molar-refractivity contribution in [3.63, 3.8) is 0 Å². The van der Waals surface area contributed by atoms with Crippen molar-refractivity contribution in [1.82, 2.24) is 4.90 Å². The van der Waals surface area contributed by atoms with E-state index in [0.29, 0.717) is 12.5 Å². The topological polar surface area (TPSA) is 40.5 Å². The fourth-order valence-corrected chi connectivity index (χ4v) is 3.14. The summed E-state index contributed by atoms with van der Waals surface area (Å²) in [5.74, 6) is 0.419. The number of rotatable bonds is 0. The second kappa shape index (κ2) is 3.00. The first kappa shape index (κ1) is 10.5. The molecule has 1 aliphatic heterocycles. The molecule has 1 fully saturated rings. The van der Waals surface area contributed by atoms with Crippen LogP contribution in [0.5, 0.6) is 0 Å². The third-order valence-corrected chi connectivity index (χ3v) is 3.92. The maximum absolute atomic E-state index is 11.3. The van der Waals surface area contributed by atoms with Gasteiger partial charge in [0.15, 0.2) is 0 Å². The fourth-order valence-electron chi connectivity index (χ4n) is 3.14. The third-order valence-electron chi connectivity index (χ3n) is 3.92. The van der Waals surface area contributed by atoms with Gasteiger partial charge in [-0.3, -0.25) is 4.90 Å². The van der Waals surface area contributed by atoms with Crippen molar-refractivity contribution >= 4 is 6.09 Å². The van der Waals surface area contributed by atoms with E-state index in [0.717, 1.165) is 12.8 Å². The van der Waals surface area contributed by atoms with Crippen LogP contribution >= 0.6 is 0 Å². The van der Waals surface area contributed by atoms with E-state index in [1.54, 1.807) is 4.90 Å². The molecule has 1 aliphatic carbocycles. The van der Waals surface area contributed by atoms with Gasteiger partial charge in [0.2, 0.25) is 0 Å². The van der Waals surface area contributed by atoms with E-state index in [-0.39, 0.29) is 11.0 Å². The molecular weight excluding hydrogens is 190 g/mol. The molecule has 1 saturated heterocycles. The number of hydrogen-bond donors (Lipinski definition) is 1. The Morgan fingerprint density at radius 3 is 2.53 bits per heavy atom. The number of nitrogens with zero attached hydrogens (tertiary/aromatic N) is 1. The van der Waals surface area contributed by atoms with Crippen LogP contribution in [0.3, 0.4) is 0 Å². The van der Waals surface area contributed by atoms with Crippen molar-refractivity contribution < 1.29 is 9.90 Å². The summed E-state index contributed by atoms with van der Waals surface area (Å²) in [6, 6.07) is 0. The van der Waals surface area contributed by atoms with Crippen molar-refractivity contribution in [3.8, 4) is 0 Å². The van der Waals surface area contributed by atoms with Crippen LogP contribution < -0.4 is 0 Å². The third kappa shape index (κ3) is 1.22. The summed E-state index contributed by atoms with van der Waals surface area (Å²) in [7, 11) is 0. The number of carboxylic acid groups (broad SMARTS) is 1. The molecule has 3 heteroatoms. The quantitative estimate of drug-likeness (QED) is 0.623. The van der Waals surface area contributed by atoms with Crippen molar-refractivity contribution in [2.45, 2.75) is 39.2 Å². The lowest BCUT2D eigenvalue weighted by Crippen LogP contribution is -2.67. The Morgan fingerprint density at radius 2 is 2.20 bits per heavy atom. The van der Waals surface area contributed by atoms with E-state index < -0.39 is 6.09 Å². The average Bonchev–Trinajstić information content (AvgIpc) is 2.03. The molecule has 0 bridgehead atoms. The molecule has 0 radical (unpaired) electrons. The predicted octanol–water partition coefficient (Wildman–Crippen LogP) is 2.73. The molecule has 0 spiro atoms. The monoisotopic (exact) mass is 209 g/mol. The molecule has 1 amide bonds. The first-order chi connectivity index (χ1) is 6.89. The Balaban J connectivity index is 2.40. The summed E-state index contributed by atoms with van der Waals surface area (Å²) >= 11 is 0. The van der Waals surface area contributed by atoms with Crippen LogP contribution in [-0.2, 0) is 0 Å². The van der Waals surface area contributed by atoms with Gasteiger partial charge in [-0.15, -0.1) is 0 Å². The maximum Gasteiger partial charge on any atom is 0.408 e. The summed E-state index contributed by atoms with van der Waals surface area (Å²) in [6.45, 7) is 7.06. The van der Waals surface area contributed by atoms with Gasteiger partial charge in [0.1, 0.15) is 0 Å². The highest BCUT2D eigenvalue weighted by Gasteiger charge is 2.57. The number of carbonyl (C=O) groups is 1. The normalized spacial score (nSPS) is 34.6. The predicted molar refractivity (Wildman–Crippen MR) is 58.8 cm³/mol. The fraction of sp³-hybridized carbons (Fsp3) is 0.750. The summed E-state index contributed by atoms with van der Waals surface area (Å²) in [5.41, 5.74) is -0.275. The second-order valence-corrected chi connectivity index (χ2v) is 5.62. The van der Waals surface area contributed by atoms with E-state index >= 15 is 0 Å². The molecule has 0 saturated carbocycles. The van der Waals surface area contributed by atoms with Crippen LogP contribution in [0.1, 0.15) is 33.6 Å². The lowest BCUT2D eigenvalue weighted by molar-refractivity contribution is -0.0329. The smallest absolute Gasteiger partial charge is 0.408 e. The Kier molecular flexibility index (Phi) is 2.11. The zero-order valence-corrected chi connectivity index (χ0v) is 9.66. The molecule has 2 rings (SSSR count). The van der Waals surface area contributed by atoms with Gasteiger partial charge in [-0.1, -0.05) is 32.9 Å². The van der Waals surface area contributed by atoms with Gasteiger partial charge in [-0.2, -0.15) is 0 Å². The van der Waals surface area contributed by atoms with Crippen LogP contribution in [0.2, 0.25) is 0 Å². The molecule has 15 heavy (non-hydrogen) atoms. The largest absolute Gasteiger partial charge is 0.465 e. The standard InChI is InChI=1S/C12H19NO2/c1-11(2,3)12-7-6-9(12)5-4-8-13(12)10(14)15/h6-7,9H,4-5,8H2,1-3H3,(H,14,15)/t9-,12+/m1/s1. The number of fused-ring (bicyclic) bond motifs is 1. The molecule has 1 heterocycles. The van der Waals surface area contributed by atoms with Crippen molar-refractivity contribution in [1.29, 1.82) is 0 Å². The lowest BCUT2D eigenvalue weighted by Gasteiger charge is -2.60. The van der Waals surface area contributed by atoms with E-state index in [4.69, 9.17) is 0 Å². The molecule has 84 valence electrons. The number of amides is 1. The molecular formula is C12H19NO2. The van der Waals surface area contributed by atoms with Crippen molar-refractivity contribution in [2.24, 2.45) is 11.3 Å². The van der Waals surface area contributed by atoms with E-state index in [1.165, 1.54) is 0 Å². The SMILES string of the molecule is CC(C)(C)[C@]12C=C[C@H]1CCCN2C(=O)O. The first-order valence-electron chi connectivity index (χ1n) is 5.59. The van der Waals surface area contributed by atoms with Gasteiger partial charge in [0, 0.05) is 12.5 Å². The van der Waals surface area contributed by atoms with Crippen LogP contribution in [0, 0.1) is 11.3 Å². The Morgan fingerprint density at radius 1 is 1.53 bits per heavy atom. The molecule has 1 N–H and O–H groups in total. The summed E-state index contributed by atoms with van der Waals surface area (Å²) in [4.78, 5) is 12.9. The first-order valence-corrected chi connectivity index (χ1v) is 5.59. The van der Waals surface area contributed by atoms with Gasteiger partial charge in [0.05, 0.1) is 5.54 Å². The zero-order chi connectivity index (χ0) is 11.3. The molecule has 2 atom stereocenters. The van der Waals surface area contributed by atoms with Gasteiger partial charge in [-0.05, 0) is 18.3 Å². The highest BCUT2D eigenvalue weighted by Crippen LogP contribution is 2.52. The summed E-state index contributed by atoms with van der Waals surface area (Å²) < 4.78 is 0. The minimum Gasteiger partial charge on any atom is -0.465 e. The van der Waals surface area contributed by atoms with Crippen LogP contribution in [0.15, 0.2) is 12.2 Å². The van der Waals surface area contributed by atoms with Gasteiger partial charge >= 0.3 is 6.09 Å². The minimum atomic E-state index is -0.779. The zero-order valence-electron chi connectivity index (χ0n) is 9.66. The van der Waals surface area contributed by atoms with Crippen molar-refractivity contribution in [2.75, 3.05) is 6.54 Å². The van der Waals surface area contributed by atoms with Crippen LogP contribution in [0.4, 0.5) is 4.79 Å². The highest BCUT2D eigenvalue weighted by atomic mass is 16.4. The number of hydrogen-bond acceptors (Lipinski definition) is 1. The van der Waals surface area contributed by atoms with E-state index in [9.17, 15) is 9.90 Å². The molecule has 0 aromatic rings. The van der Waals surface area contributed by atoms with Gasteiger partial charge < -0.3 is 5.11 Å². The Hall–Kier alpha value is -0.990. The molecule has 2 aliphatic rings. The molecule has 3 nitrogen and oxygen atoms in total. The average molecular weight is 209 g/mol. The molecule has 0 aromatic heterocycles. The maximum atomic E-state index is 11.3. The van der Waals surface area contributed by atoms with Crippen LogP contribution in [-0.4, -0.2) is 28.2 Å².